The minimum atomic E-state index is 0.262. The highest BCUT2D eigenvalue weighted by Crippen LogP contribution is 2.34. The maximum atomic E-state index is 12.0. The molecule has 0 spiro atoms. The van der Waals surface area contributed by atoms with E-state index in [9.17, 15) is 4.79 Å². The molecular weight excluding hydrogens is 218 g/mol. The molecule has 0 fully saturated rings. The molecule has 2 nitrogen and oxygen atoms in total. The number of Topliss-reactive ketones (excluding diaryl/α,β-unsaturated/α-hetero) is 1. The smallest absolute Gasteiger partial charge is 0.180 e. The van der Waals surface area contributed by atoms with Crippen LogP contribution in [0.3, 0.4) is 0 Å². The first-order valence-electron chi connectivity index (χ1n) is 5.63. The van der Waals surface area contributed by atoms with Crippen molar-refractivity contribution in [2.24, 2.45) is 0 Å². The van der Waals surface area contributed by atoms with Crippen LogP contribution in [0, 0.1) is 0 Å². The lowest BCUT2D eigenvalue weighted by atomic mass is 10.1. The average molecular weight is 231 g/mol. The number of aromatic nitrogens is 1. The number of rotatable bonds is 0. The fourth-order valence-electron chi connectivity index (χ4n) is 2.15. The Morgan fingerprint density at radius 2 is 2.06 bits per heavy atom. The first-order chi connectivity index (χ1) is 7.86. The molecule has 2 aromatic rings. The number of H-pyrrole nitrogens is 1. The van der Waals surface area contributed by atoms with Gasteiger partial charge in [-0.2, -0.15) is 0 Å². The lowest BCUT2D eigenvalue weighted by Gasteiger charge is -2.08. The van der Waals surface area contributed by atoms with Gasteiger partial charge >= 0.3 is 0 Å². The third kappa shape index (κ3) is 1.55. The van der Waals surface area contributed by atoms with E-state index in [1.807, 2.05) is 30.0 Å². The number of aromatic amines is 1. The number of nitrogens with one attached hydrogen (secondary N) is 1. The van der Waals surface area contributed by atoms with E-state index in [-0.39, 0.29) is 5.78 Å². The number of hydrogen-bond acceptors (Lipinski definition) is 2. The van der Waals surface area contributed by atoms with Gasteiger partial charge in [0.25, 0.3) is 0 Å². The molecule has 3 rings (SSSR count). The summed E-state index contributed by atoms with van der Waals surface area (Å²) in [5.74, 6) is 1.38. The first kappa shape index (κ1) is 9.97. The first-order valence-corrected chi connectivity index (χ1v) is 6.61. The molecule has 16 heavy (non-hydrogen) atoms. The van der Waals surface area contributed by atoms with Crippen LogP contribution in [0.25, 0.3) is 10.9 Å². The van der Waals surface area contributed by atoms with E-state index in [1.165, 1.54) is 5.39 Å². The Morgan fingerprint density at radius 3 is 3.00 bits per heavy atom. The third-order valence-electron chi connectivity index (χ3n) is 2.98. The van der Waals surface area contributed by atoms with Crippen molar-refractivity contribution < 1.29 is 4.79 Å². The van der Waals surface area contributed by atoms with Gasteiger partial charge in [-0.1, -0.05) is 18.2 Å². The lowest BCUT2D eigenvalue weighted by Crippen LogP contribution is -2.03. The molecule has 0 aliphatic carbocycles. The Hall–Kier alpha value is -1.22. The maximum absolute atomic E-state index is 12.0. The highest BCUT2D eigenvalue weighted by atomic mass is 32.2. The summed E-state index contributed by atoms with van der Waals surface area (Å²) < 4.78 is 0. The van der Waals surface area contributed by atoms with E-state index >= 15 is 0 Å². The molecular formula is C13H13NOS. The third-order valence-corrected chi connectivity index (χ3v) is 4.19. The van der Waals surface area contributed by atoms with Crippen LogP contribution in [0.1, 0.15) is 29.8 Å². The van der Waals surface area contributed by atoms with Crippen LogP contribution in [0.15, 0.2) is 29.2 Å². The van der Waals surface area contributed by atoms with Gasteiger partial charge in [0.1, 0.15) is 0 Å². The van der Waals surface area contributed by atoms with Crippen molar-refractivity contribution in [3.05, 3.63) is 30.0 Å². The lowest BCUT2D eigenvalue weighted by molar-refractivity contribution is 0.0972. The maximum Gasteiger partial charge on any atom is 0.180 e. The molecule has 0 saturated carbocycles. The fourth-order valence-corrected chi connectivity index (χ4v) is 3.34. The SMILES string of the molecule is O=C1CCCCSc2c1[nH]c1ccccc21. The van der Waals surface area contributed by atoms with E-state index in [1.54, 1.807) is 0 Å². The second-order valence-corrected chi connectivity index (χ2v) is 5.21. The molecule has 0 bridgehead atoms. The Labute approximate surface area is 98.4 Å². The highest BCUT2D eigenvalue weighted by molar-refractivity contribution is 7.99. The van der Waals surface area contributed by atoms with Gasteiger partial charge < -0.3 is 4.98 Å². The number of para-hydroxylation sites is 1. The summed E-state index contributed by atoms with van der Waals surface area (Å²) >= 11 is 1.81. The van der Waals surface area contributed by atoms with Crippen LogP contribution in [-0.2, 0) is 0 Å². The van der Waals surface area contributed by atoms with Crippen LogP contribution in [0.2, 0.25) is 0 Å². The monoisotopic (exact) mass is 231 g/mol. The standard InChI is InChI=1S/C13H13NOS/c15-11-7-3-4-8-16-13-9-5-1-2-6-10(9)14-12(11)13/h1-2,5-6,14H,3-4,7-8H2. The molecule has 0 unspecified atom stereocenters. The van der Waals surface area contributed by atoms with Gasteiger partial charge in [-0.3, -0.25) is 4.79 Å². The Kier molecular flexibility index (Phi) is 2.48. The van der Waals surface area contributed by atoms with Crippen LogP contribution >= 0.6 is 11.8 Å². The molecule has 0 amide bonds. The summed E-state index contributed by atoms with van der Waals surface area (Å²) in [7, 11) is 0. The number of carbonyl (C=O) groups excluding carboxylic acids is 1. The summed E-state index contributed by atoms with van der Waals surface area (Å²) in [4.78, 5) is 16.4. The van der Waals surface area contributed by atoms with Crippen molar-refractivity contribution in [3.8, 4) is 0 Å². The number of thioether (sulfide) groups is 1. The zero-order chi connectivity index (χ0) is 11.0. The van der Waals surface area contributed by atoms with Crippen molar-refractivity contribution >= 4 is 28.4 Å². The van der Waals surface area contributed by atoms with Crippen molar-refractivity contribution in [2.45, 2.75) is 24.2 Å². The van der Waals surface area contributed by atoms with Gasteiger partial charge in [-0.25, -0.2) is 0 Å². The largest absolute Gasteiger partial charge is 0.351 e. The second-order valence-electron chi connectivity index (χ2n) is 4.10. The van der Waals surface area contributed by atoms with Crippen LogP contribution in [-0.4, -0.2) is 16.5 Å². The van der Waals surface area contributed by atoms with E-state index in [0.717, 1.165) is 34.7 Å². The molecule has 3 heteroatoms. The fraction of sp³-hybridized carbons (Fsp3) is 0.308. The predicted octanol–water partition coefficient (Wildman–Crippen LogP) is 3.63. The molecule has 2 heterocycles. The summed E-state index contributed by atoms with van der Waals surface area (Å²) in [6.45, 7) is 0. The number of fused-ring (bicyclic) bond motifs is 3. The second kappa shape index (κ2) is 3.98. The van der Waals surface area contributed by atoms with Crippen molar-refractivity contribution in [1.29, 1.82) is 0 Å². The normalized spacial score (nSPS) is 16.9. The van der Waals surface area contributed by atoms with E-state index in [4.69, 9.17) is 0 Å². The molecule has 1 N–H and O–H groups in total. The van der Waals surface area contributed by atoms with Crippen LogP contribution in [0.5, 0.6) is 0 Å². The van der Waals surface area contributed by atoms with Crippen molar-refractivity contribution in [2.75, 3.05) is 5.75 Å². The number of ketones is 1. The molecule has 0 saturated heterocycles. The summed E-state index contributed by atoms with van der Waals surface area (Å²) in [6.07, 6.45) is 2.83. The Morgan fingerprint density at radius 1 is 1.19 bits per heavy atom. The Bertz CT molecular complexity index is 544. The van der Waals surface area contributed by atoms with Gasteiger partial charge in [-0.05, 0) is 24.7 Å². The highest BCUT2D eigenvalue weighted by Gasteiger charge is 2.19. The van der Waals surface area contributed by atoms with Gasteiger partial charge in [0.05, 0.1) is 5.69 Å². The topological polar surface area (TPSA) is 32.9 Å². The zero-order valence-electron chi connectivity index (χ0n) is 8.95. The molecule has 1 aliphatic heterocycles. The summed E-state index contributed by atoms with van der Waals surface area (Å²) in [5.41, 5.74) is 1.90. The minimum Gasteiger partial charge on any atom is -0.351 e. The summed E-state index contributed by atoms with van der Waals surface area (Å²) in [6, 6.07) is 8.15. The van der Waals surface area contributed by atoms with Gasteiger partial charge in [0.2, 0.25) is 0 Å². The number of carbonyl (C=O) groups is 1. The molecule has 0 atom stereocenters. The van der Waals surface area contributed by atoms with E-state index in [0.29, 0.717) is 6.42 Å². The van der Waals surface area contributed by atoms with E-state index in [2.05, 4.69) is 11.1 Å². The van der Waals surface area contributed by atoms with Crippen LogP contribution < -0.4 is 0 Å². The summed E-state index contributed by atoms with van der Waals surface area (Å²) in [5, 5.41) is 1.19. The van der Waals surface area contributed by atoms with Crippen molar-refractivity contribution in [3.63, 3.8) is 0 Å². The predicted molar refractivity (Wildman–Crippen MR) is 67.2 cm³/mol. The Balaban J connectivity index is 2.23. The van der Waals surface area contributed by atoms with Gasteiger partial charge in [0.15, 0.2) is 5.78 Å². The zero-order valence-corrected chi connectivity index (χ0v) is 9.77. The minimum absolute atomic E-state index is 0.262. The number of hydrogen-bond donors (Lipinski definition) is 1. The molecule has 1 aliphatic rings. The van der Waals surface area contributed by atoms with Gasteiger partial charge in [-0.15, -0.1) is 11.8 Å². The molecule has 82 valence electrons. The van der Waals surface area contributed by atoms with E-state index < -0.39 is 0 Å². The average Bonchev–Trinajstić information content (AvgIpc) is 2.65. The quantitative estimate of drug-likeness (QED) is 0.751. The van der Waals surface area contributed by atoms with Crippen molar-refractivity contribution in [1.82, 2.24) is 4.98 Å². The molecule has 1 aromatic carbocycles. The molecule has 1 aromatic heterocycles. The molecule has 0 radical (unpaired) electrons. The number of benzene rings is 1. The van der Waals surface area contributed by atoms with Gasteiger partial charge in [0, 0.05) is 22.2 Å². The van der Waals surface area contributed by atoms with Crippen LogP contribution in [0.4, 0.5) is 0 Å².